The second-order valence-electron chi connectivity index (χ2n) is 6.25. The van der Waals surface area contributed by atoms with Crippen molar-refractivity contribution < 1.29 is 18.4 Å². The van der Waals surface area contributed by atoms with Gasteiger partial charge in [-0.05, 0) is 36.1 Å². The molecule has 138 valence electrons. The summed E-state index contributed by atoms with van der Waals surface area (Å²) in [5, 5.41) is 2.67. The first-order valence-electron chi connectivity index (χ1n) is 8.81. The predicted octanol–water partition coefficient (Wildman–Crippen LogP) is 4.24. The summed E-state index contributed by atoms with van der Waals surface area (Å²) < 4.78 is 26.2. The SMILES string of the molecule is CCCc1ccc(C(=O)CCC(=O)NCCc2cc(F)cc(F)c2)cc1. The minimum Gasteiger partial charge on any atom is -0.356 e. The molecule has 26 heavy (non-hydrogen) atoms. The number of nitrogens with one attached hydrogen (secondary N) is 1. The van der Waals surface area contributed by atoms with Crippen LogP contribution in [-0.4, -0.2) is 18.2 Å². The van der Waals surface area contributed by atoms with Crippen LogP contribution in [0.4, 0.5) is 8.78 Å². The number of halogens is 2. The highest BCUT2D eigenvalue weighted by molar-refractivity contribution is 5.97. The number of rotatable bonds is 9. The molecule has 0 aromatic heterocycles. The van der Waals surface area contributed by atoms with Crippen LogP contribution in [0, 0.1) is 11.6 Å². The molecular weight excluding hydrogens is 336 g/mol. The van der Waals surface area contributed by atoms with Gasteiger partial charge in [0.2, 0.25) is 5.91 Å². The highest BCUT2D eigenvalue weighted by Gasteiger charge is 2.09. The van der Waals surface area contributed by atoms with Crippen molar-refractivity contribution in [1.82, 2.24) is 5.32 Å². The third-order valence-electron chi connectivity index (χ3n) is 4.05. The molecule has 1 N–H and O–H groups in total. The lowest BCUT2D eigenvalue weighted by Crippen LogP contribution is -2.26. The fourth-order valence-electron chi connectivity index (χ4n) is 2.71. The van der Waals surface area contributed by atoms with Crippen LogP contribution in [0.25, 0.3) is 0 Å². The van der Waals surface area contributed by atoms with E-state index in [-0.39, 0.29) is 31.1 Å². The first kappa shape index (κ1) is 19.8. The third kappa shape index (κ3) is 6.39. The standard InChI is InChI=1S/C21H23F2NO2/c1-2-3-15-4-6-17(7-5-15)20(25)8-9-21(26)24-11-10-16-12-18(22)14-19(23)13-16/h4-7,12-14H,2-3,8-11H2,1H3,(H,24,26). The summed E-state index contributed by atoms with van der Waals surface area (Å²) in [5.74, 6) is -1.60. The van der Waals surface area contributed by atoms with Gasteiger partial charge < -0.3 is 5.32 Å². The smallest absolute Gasteiger partial charge is 0.220 e. The molecule has 0 radical (unpaired) electrons. The van der Waals surface area contributed by atoms with Gasteiger partial charge in [0, 0.05) is 31.0 Å². The number of benzene rings is 2. The summed E-state index contributed by atoms with van der Waals surface area (Å²) in [6, 6.07) is 10.8. The zero-order valence-electron chi connectivity index (χ0n) is 14.9. The fourth-order valence-corrected chi connectivity index (χ4v) is 2.71. The Hall–Kier alpha value is -2.56. The summed E-state index contributed by atoms with van der Waals surface area (Å²) in [4.78, 5) is 24.0. The minimum atomic E-state index is -0.637. The lowest BCUT2D eigenvalue weighted by atomic mass is 10.0. The normalized spacial score (nSPS) is 10.6. The number of Topliss-reactive ketones (excluding diaryl/α,β-unsaturated/α-hetero) is 1. The predicted molar refractivity (Wildman–Crippen MR) is 97.1 cm³/mol. The number of hydrogen-bond acceptors (Lipinski definition) is 2. The van der Waals surface area contributed by atoms with E-state index in [2.05, 4.69) is 12.2 Å². The largest absolute Gasteiger partial charge is 0.356 e. The van der Waals surface area contributed by atoms with Gasteiger partial charge in [-0.1, -0.05) is 37.6 Å². The summed E-state index contributed by atoms with van der Waals surface area (Å²) >= 11 is 0. The van der Waals surface area contributed by atoms with Crippen LogP contribution in [0.5, 0.6) is 0 Å². The van der Waals surface area contributed by atoms with Crippen molar-refractivity contribution in [2.75, 3.05) is 6.54 Å². The molecule has 0 heterocycles. The average Bonchev–Trinajstić information content (AvgIpc) is 2.60. The Kier molecular flexibility index (Phi) is 7.45. The van der Waals surface area contributed by atoms with E-state index in [1.54, 1.807) is 12.1 Å². The van der Waals surface area contributed by atoms with Gasteiger partial charge in [-0.15, -0.1) is 0 Å². The monoisotopic (exact) mass is 359 g/mol. The van der Waals surface area contributed by atoms with Crippen molar-refractivity contribution in [3.63, 3.8) is 0 Å². The Labute approximate surface area is 152 Å². The van der Waals surface area contributed by atoms with Gasteiger partial charge in [-0.2, -0.15) is 0 Å². The molecule has 0 atom stereocenters. The van der Waals surface area contributed by atoms with Gasteiger partial charge in [0.15, 0.2) is 5.78 Å². The Morgan fingerprint density at radius 1 is 0.885 bits per heavy atom. The van der Waals surface area contributed by atoms with E-state index in [1.165, 1.54) is 17.7 Å². The number of carbonyl (C=O) groups excluding carboxylic acids is 2. The lowest BCUT2D eigenvalue weighted by Gasteiger charge is -2.06. The molecule has 0 fully saturated rings. The molecule has 0 aliphatic heterocycles. The molecule has 0 unspecified atom stereocenters. The molecule has 0 spiro atoms. The Morgan fingerprint density at radius 3 is 2.15 bits per heavy atom. The molecular formula is C21H23F2NO2. The molecule has 0 saturated heterocycles. The Bertz CT molecular complexity index is 737. The van der Waals surface area contributed by atoms with Gasteiger partial charge in [-0.25, -0.2) is 8.78 Å². The van der Waals surface area contributed by atoms with Crippen LogP contribution < -0.4 is 5.32 Å². The van der Waals surface area contributed by atoms with E-state index >= 15 is 0 Å². The highest BCUT2D eigenvalue weighted by Crippen LogP contribution is 2.10. The molecule has 5 heteroatoms. The first-order valence-corrected chi connectivity index (χ1v) is 8.81. The van der Waals surface area contributed by atoms with Crippen LogP contribution >= 0.6 is 0 Å². The zero-order chi connectivity index (χ0) is 18.9. The van der Waals surface area contributed by atoms with Gasteiger partial charge in [0.25, 0.3) is 0 Å². The maximum Gasteiger partial charge on any atom is 0.220 e. The van der Waals surface area contributed by atoms with Crippen LogP contribution in [0.2, 0.25) is 0 Å². The van der Waals surface area contributed by atoms with Crippen molar-refractivity contribution in [2.24, 2.45) is 0 Å². The molecule has 2 rings (SSSR count). The van der Waals surface area contributed by atoms with E-state index in [9.17, 15) is 18.4 Å². The fraction of sp³-hybridized carbons (Fsp3) is 0.333. The summed E-state index contributed by atoms with van der Waals surface area (Å²) in [6.45, 7) is 2.37. The van der Waals surface area contributed by atoms with Gasteiger partial charge in [0.1, 0.15) is 11.6 Å². The van der Waals surface area contributed by atoms with Crippen LogP contribution in [-0.2, 0) is 17.6 Å². The maximum absolute atomic E-state index is 13.1. The van der Waals surface area contributed by atoms with Gasteiger partial charge in [0.05, 0.1) is 0 Å². The van der Waals surface area contributed by atoms with Crippen LogP contribution in [0.3, 0.4) is 0 Å². The summed E-state index contributed by atoms with van der Waals surface area (Å²) in [7, 11) is 0. The molecule has 1 amide bonds. The zero-order valence-corrected chi connectivity index (χ0v) is 14.9. The van der Waals surface area contributed by atoms with Crippen molar-refractivity contribution in [3.05, 3.63) is 70.8 Å². The maximum atomic E-state index is 13.1. The van der Waals surface area contributed by atoms with Crippen molar-refractivity contribution >= 4 is 11.7 Å². The quantitative estimate of drug-likeness (QED) is 0.681. The minimum absolute atomic E-state index is 0.0737. The van der Waals surface area contributed by atoms with Gasteiger partial charge >= 0.3 is 0 Å². The number of carbonyl (C=O) groups is 2. The number of aryl methyl sites for hydroxylation is 1. The molecule has 0 bridgehead atoms. The van der Waals surface area contributed by atoms with E-state index in [0.717, 1.165) is 18.9 Å². The van der Waals surface area contributed by atoms with E-state index in [0.29, 0.717) is 17.5 Å². The molecule has 0 saturated carbocycles. The Morgan fingerprint density at radius 2 is 1.54 bits per heavy atom. The summed E-state index contributed by atoms with van der Waals surface area (Å²) in [6.07, 6.45) is 2.58. The van der Waals surface area contributed by atoms with Crippen molar-refractivity contribution in [3.8, 4) is 0 Å². The second kappa shape index (κ2) is 9.80. The van der Waals surface area contributed by atoms with E-state index in [1.807, 2.05) is 12.1 Å². The van der Waals surface area contributed by atoms with E-state index in [4.69, 9.17) is 0 Å². The van der Waals surface area contributed by atoms with Crippen LogP contribution in [0.1, 0.15) is 47.7 Å². The number of ketones is 1. The second-order valence-corrected chi connectivity index (χ2v) is 6.25. The molecule has 2 aromatic rings. The van der Waals surface area contributed by atoms with Crippen LogP contribution in [0.15, 0.2) is 42.5 Å². The van der Waals surface area contributed by atoms with Crippen molar-refractivity contribution in [2.45, 2.75) is 39.0 Å². The molecule has 3 nitrogen and oxygen atoms in total. The highest BCUT2D eigenvalue weighted by atomic mass is 19.1. The van der Waals surface area contributed by atoms with E-state index < -0.39 is 11.6 Å². The first-order chi connectivity index (χ1) is 12.5. The molecule has 0 aliphatic carbocycles. The molecule has 2 aromatic carbocycles. The average molecular weight is 359 g/mol. The van der Waals surface area contributed by atoms with Gasteiger partial charge in [-0.3, -0.25) is 9.59 Å². The Balaban J connectivity index is 1.73. The number of hydrogen-bond donors (Lipinski definition) is 1. The molecule has 0 aliphatic rings. The third-order valence-corrected chi connectivity index (χ3v) is 4.05. The summed E-state index contributed by atoms with van der Waals surface area (Å²) in [5.41, 5.74) is 2.27. The lowest BCUT2D eigenvalue weighted by molar-refractivity contribution is -0.121. The van der Waals surface area contributed by atoms with Crippen molar-refractivity contribution in [1.29, 1.82) is 0 Å². The number of amides is 1. The topological polar surface area (TPSA) is 46.2 Å².